The van der Waals surface area contributed by atoms with Crippen molar-refractivity contribution in [2.75, 3.05) is 0 Å². The summed E-state index contributed by atoms with van der Waals surface area (Å²) >= 11 is 25.5. The summed E-state index contributed by atoms with van der Waals surface area (Å²) in [4.78, 5) is 0. The van der Waals surface area contributed by atoms with E-state index in [1.54, 1.807) is 12.1 Å². The number of aryl methyl sites for hydroxylation is 1. The van der Waals surface area contributed by atoms with Crippen LogP contribution in [0.25, 0.3) is 0 Å². The molecule has 3 aromatic rings. The summed E-state index contributed by atoms with van der Waals surface area (Å²) in [5, 5.41) is 2.43. The maximum Gasteiger partial charge on any atom is 0.244 e. The summed E-state index contributed by atoms with van der Waals surface area (Å²) in [5.41, 5.74) is 1.88. The lowest BCUT2D eigenvalue weighted by Gasteiger charge is -2.18. The minimum atomic E-state index is -0.177. The van der Waals surface area contributed by atoms with Gasteiger partial charge in [-0.15, -0.1) is 0 Å². The number of aromatic nitrogens is 2. The smallest absolute Gasteiger partial charge is 0.244 e. The van der Waals surface area contributed by atoms with Crippen LogP contribution in [0.1, 0.15) is 75.5 Å². The maximum absolute atomic E-state index is 6.60. The largest absolute Gasteiger partial charge is 1.00 e. The number of hydrogen-bond donors (Lipinski definition) is 0. The molecule has 0 atom stereocenters. The minimum absolute atomic E-state index is 0. The molecule has 0 aliphatic rings. The van der Waals surface area contributed by atoms with Crippen LogP contribution in [0.4, 0.5) is 0 Å². The fraction of sp³-hybridized carbons (Fsp3) is 0.423. The Hall–Kier alpha value is -0.710. The molecule has 0 fully saturated rings. The monoisotopic (exact) mass is 590 g/mol. The highest BCUT2D eigenvalue weighted by Crippen LogP contribution is 2.37. The van der Waals surface area contributed by atoms with Gasteiger partial charge in [0.2, 0.25) is 6.33 Å². The van der Waals surface area contributed by atoms with E-state index in [0.717, 1.165) is 17.7 Å². The van der Waals surface area contributed by atoms with Gasteiger partial charge >= 0.3 is 0 Å². The third kappa shape index (κ3) is 8.47. The topological polar surface area (TPSA) is 8.81 Å². The van der Waals surface area contributed by atoms with Crippen molar-refractivity contribution < 1.29 is 21.5 Å². The molecule has 0 N–H and O–H groups in total. The molecule has 0 aliphatic heterocycles. The molecule has 0 spiro atoms. The van der Waals surface area contributed by atoms with Crippen molar-refractivity contribution in [1.82, 2.24) is 4.57 Å². The molecule has 2 nitrogen and oxygen atoms in total. The van der Waals surface area contributed by atoms with E-state index in [1.807, 2.05) is 24.3 Å². The third-order valence-corrected chi connectivity index (χ3v) is 6.92. The van der Waals surface area contributed by atoms with E-state index in [-0.39, 0.29) is 23.0 Å². The van der Waals surface area contributed by atoms with Crippen molar-refractivity contribution >= 4 is 46.4 Å². The zero-order valence-corrected chi connectivity index (χ0v) is 23.5. The second-order valence-corrected chi connectivity index (χ2v) is 10.00. The van der Waals surface area contributed by atoms with E-state index in [1.165, 1.54) is 51.4 Å². The highest BCUT2D eigenvalue weighted by atomic mass is 79.9. The Bertz CT molecular complexity index is 954. The first kappa shape index (κ1) is 28.5. The quantitative estimate of drug-likeness (QED) is 0.176. The summed E-state index contributed by atoms with van der Waals surface area (Å²) in [6, 6.07) is 11.0. The van der Waals surface area contributed by atoms with Crippen LogP contribution in [-0.2, 0) is 6.54 Å². The lowest BCUT2D eigenvalue weighted by atomic mass is 9.98. The second-order valence-electron chi connectivity index (χ2n) is 8.31. The average Bonchev–Trinajstić information content (AvgIpc) is 3.21. The average molecular weight is 593 g/mol. The Morgan fingerprint density at radius 2 is 1.27 bits per heavy atom. The molecule has 0 radical (unpaired) electrons. The van der Waals surface area contributed by atoms with Gasteiger partial charge in [-0.25, -0.2) is 9.13 Å². The van der Waals surface area contributed by atoms with E-state index in [9.17, 15) is 0 Å². The van der Waals surface area contributed by atoms with Gasteiger partial charge in [0.25, 0.3) is 0 Å². The predicted octanol–water partition coefficient (Wildman–Crippen LogP) is 6.17. The number of nitrogens with zero attached hydrogens (tertiary/aromatic N) is 2. The fourth-order valence-corrected chi connectivity index (χ4v) is 5.08. The predicted molar refractivity (Wildman–Crippen MR) is 137 cm³/mol. The molecule has 1 aromatic heterocycles. The van der Waals surface area contributed by atoms with Crippen LogP contribution in [0.3, 0.4) is 0 Å². The Morgan fingerprint density at radius 3 is 1.79 bits per heavy atom. The second kappa shape index (κ2) is 14.6. The summed E-state index contributed by atoms with van der Waals surface area (Å²) in [6.07, 6.45) is 16.8. The van der Waals surface area contributed by atoms with Gasteiger partial charge in [-0.2, -0.15) is 0 Å². The lowest BCUT2D eigenvalue weighted by molar-refractivity contribution is -0.697. The summed E-state index contributed by atoms with van der Waals surface area (Å²) in [6.45, 7) is 3.26. The molecule has 7 heteroatoms. The molecule has 0 unspecified atom stereocenters. The van der Waals surface area contributed by atoms with Crippen LogP contribution >= 0.6 is 46.4 Å². The molecular weight excluding hydrogens is 562 g/mol. The van der Waals surface area contributed by atoms with Gasteiger partial charge in [-0.05, 0) is 37.1 Å². The lowest BCUT2D eigenvalue weighted by Crippen LogP contribution is -3.00. The zero-order chi connectivity index (χ0) is 22.9. The molecule has 33 heavy (non-hydrogen) atoms. The number of halogens is 5. The van der Waals surface area contributed by atoms with Gasteiger partial charge < -0.3 is 17.0 Å². The van der Waals surface area contributed by atoms with Crippen molar-refractivity contribution in [1.29, 1.82) is 0 Å². The van der Waals surface area contributed by atoms with Gasteiger partial charge in [0.1, 0.15) is 12.4 Å². The standard InChI is InChI=1S/C26H31Cl4N2.BrH/c1-2-3-4-5-6-7-8-9-14-31-15-16-32(19-31)26(22-12-10-20(27)17-24(22)29)23-13-11-21(28)18-25(23)30;/h10-13,15-19,26H,2-9,14H2,1H3;1H/q+1;/p-1. The van der Waals surface area contributed by atoms with E-state index in [0.29, 0.717) is 20.1 Å². The van der Waals surface area contributed by atoms with Gasteiger partial charge in [0.05, 0.1) is 6.54 Å². The molecule has 0 aliphatic carbocycles. The van der Waals surface area contributed by atoms with Crippen molar-refractivity contribution in [3.8, 4) is 0 Å². The Balaban J connectivity index is 0.00000385. The molecule has 1 heterocycles. The summed E-state index contributed by atoms with van der Waals surface area (Å²) in [7, 11) is 0. The van der Waals surface area contributed by atoms with Crippen molar-refractivity contribution in [2.24, 2.45) is 0 Å². The first-order valence-electron chi connectivity index (χ1n) is 11.5. The number of benzene rings is 2. The molecule has 0 saturated heterocycles. The number of imidazole rings is 1. The number of rotatable bonds is 12. The third-order valence-electron chi connectivity index (χ3n) is 5.79. The first-order chi connectivity index (χ1) is 15.5. The minimum Gasteiger partial charge on any atom is -1.00 e. The Morgan fingerprint density at radius 1 is 0.758 bits per heavy atom. The molecule has 3 rings (SSSR count). The summed E-state index contributed by atoms with van der Waals surface area (Å²) in [5.74, 6) is 0. The Kier molecular flexibility index (Phi) is 12.7. The van der Waals surface area contributed by atoms with Gasteiger partial charge in [-0.3, -0.25) is 0 Å². The molecule has 0 saturated carbocycles. The van der Waals surface area contributed by atoms with Crippen LogP contribution < -0.4 is 21.5 Å². The number of unbranched alkanes of at least 4 members (excludes halogenated alkanes) is 7. The van der Waals surface area contributed by atoms with Crippen LogP contribution in [0.2, 0.25) is 20.1 Å². The van der Waals surface area contributed by atoms with Crippen LogP contribution in [-0.4, -0.2) is 4.57 Å². The molecule has 0 amide bonds. The van der Waals surface area contributed by atoms with E-state index >= 15 is 0 Å². The van der Waals surface area contributed by atoms with Crippen molar-refractivity contribution in [3.05, 3.63) is 86.3 Å². The Labute approximate surface area is 228 Å². The van der Waals surface area contributed by atoms with Gasteiger partial charge in [-0.1, -0.05) is 104 Å². The van der Waals surface area contributed by atoms with Crippen LogP contribution in [0.5, 0.6) is 0 Å². The first-order valence-corrected chi connectivity index (χ1v) is 13.0. The number of hydrogen-bond acceptors (Lipinski definition) is 0. The zero-order valence-electron chi connectivity index (χ0n) is 18.9. The van der Waals surface area contributed by atoms with Gasteiger partial charge in [0.15, 0.2) is 6.04 Å². The SMILES string of the molecule is CCCCCCCCCC[n+]1ccn(C(c2ccc(Cl)cc2Cl)c2ccc(Cl)cc2Cl)c1.[Br-]. The van der Waals surface area contributed by atoms with Crippen LogP contribution in [0.15, 0.2) is 55.1 Å². The fourth-order valence-electron chi connectivity index (χ4n) is 4.06. The van der Waals surface area contributed by atoms with E-state index in [2.05, 4.69) is 34.8 Å². The van der Waals surface area contributed by atoms with Crippen molar-refractivity contribution in [3.63, 3.8) is 0 Å². The normalized spacial score (nSPS) is 11.1. The molecule has 180 valence electrons. The van der Waals surface area contributed by atoms with Gasteiger partial charge in [0, 0.05) is 31.2 Å². The summed E-state index contributed by atoms with van der Waals surface area (Å²) < 4.78 is 4.38. The highest BCUT2D eigenvalue weighted by molar-refractivity contribution is 6.36. The van der Waals surface area contributed by atoms with E-state index < -0.39 is 0 Å². The molecular formula is C26H31BrCl4N2. The maximum atomic E-state index is 6.60. The van der Waals surface area contributed by atoms with Crippen molar-refractivity contribution in [2.45, 2.75) is 70.9 Å². The highest BCUT2D eigenvalue weighted by Gasteiger charge is 2.26. The van der Waals surface area contributed by atoms with E-state index in [4.69, 9.17) is 46.4 Å². The molecule has 0 bridgehead atoms. The molecule has 2 aromatic carbocycles. The van der Waals surface area contributed by atoms with Crippen LogP contribution in [0, 0.1) is 0 Å².